The summed E-state index contributed by atoms with van der Waals surface area (Å²) in [6, 6.07) is 22.2. The molecule has 0 spiro atoms. The molecule has 0 atom stereocenters. The van der Waals surface area contributed by atoms with Gasteiger partial charge >= 0.3 is 6.18 Å². The minimum atomic E-state index is -4.41. The van der Waals surface area contributed by atoms with Crippen LogP contribution >= 0.6 is 0 Å². The SMILES string of the molecule is CN1/C(=C/C=C(/C=C/C2=[N+](C)c3ccccc3C2(C)C)c2cccc(C(F)(F)F)c2)C(C)(C)c2ccccc21. The van der Waals surface area contributed by atoms with Crippen LogP contribution in [0, 0.1) is 0 Å². The van der Waals surface area contributed by atoms with E-state index in [4.69, 9.17) is 0 Å². The van der Waals surface area contributed by atoms with Gasteiger partial charge in [0.2, 0.25) is 5.69 Å². The molecule has 5 heteroatoms. The maximum atomic E-state index is 13.6. The predicted molar refractivity (Wildman–Crippen MR) is 155 cm³/mol. The normalized spacial score (nSPS) is 19.3. The van der Waals surface area contributed by atoms with Crippen molar-refractivity contribution in [3.05, 3.63) is 125 Å². The molecule has 0 bridgehead atoms. The van der Waals surface area contributed by atoms with Crippen molar-refractivity contribution >= 4 is 22.7 Å². The van der Waals surface area contributed by atoms with E-state index in [9.17, 15) is 13.2 Å². The standard InChI is InChI=1S/C34H34F3N2/c1-32(2)26-14-7-9-16-28(26)38(5)30(32)20-18-23(24-12-11-13-25(22-24)34(35,36)37)19-21-31-33(3,4)27-15-8-10-17-29(27)39(31)6/h7-22H,1-6H3/q+1. The van der Waals surface area contributed by atoms with Crippen molar-refractivity contribution in [1.29, 1.82) is 0 Å². The minimum Gasteiger partial charge on any atom is -0.347 e. The number of benzene rings is 3. The van der Waals surface area contributed by atoms with Crippen molar-refractivity contribution in [2.45, 2.75) is 44.7 Å². The van der Waals surface area contributed by atoms with Crippen LogP contribution in [0.3, 0.4) is 0 Å². The highest BCUT2D eigenvalue weighted by Gasteiger charge is 2.42. The van der Waals surface area contributed by atoms with Crippen LogP contribution < -0.4 is 4.90 Å². The van der Waals surface area contributed by atoms with Gasteiger partial charge in [0, 0.05) is 41.6 Å². The zero-order valence-corrected chi connectivity index (χ0v) is 23.3. The Morgan fingerprint density at radius 2 is 1.51 bits per heavy atom. The molecule has 0 aromatic heterocycles. The molecule has 2 nitrogen and oxygen atoms in total. The number of allylic oxidation sites excluding steroid dienone is 6. The predicted octanol–water partition coefficient (Wildman–Crippen LogP) is 8.66. The van der Waals surface area contributed by atoms with E-state index in [0.717, 1.165) is 28.8 Å². The Kier molecular flexibility index (Phi) is 6.45. The van der Waals surface area contributed by atoms with Gasteiger partial charge in [-0.3, -0.25) is 0 Å². The third-order valence-corrected chi connectivity index (χ3v) is 8.25. The maximum absolute atomic E-state index is 13.6. The lowest BCUT2D eigenvalue weighted by atomic mass is 9.81. The lowest BCUT2D eigenvalue weighted by Crippen LogP contribution is -2.26. The Morgan fingerprint density at radius 1 is 0.846 bits per heavy atom. The van der Waals surface area contributed by atoms with E-state index in [1.54, 1.807) is 6.07 Å². The fraction of sp³-hybridized carbons (Fsp3) is 0.265. The molecular weight excluding hydrogens is 493 g/mol. The van der Waals surface area contributed by atoms with Gasteiger partial charge in [-0.25, -0.2) is 0 Å². The number of likely N-dealkylation sites (N-methyl/N-ethyl adjacent to an activating group) is 1. The highest BCUT2D eigenvalue weighted by molar-refractivity contribution is 6.04. The summed E-state index contributed by atoms with van der Waals surface area (Å²) in [5, 5.41) is 0. The summed E-state index contributed by atoms with van der Waals surface area (Å²) in [6.45, 7) is 8.71. The molecule has 5 rings (SSSR count). The van der Waals surface area contributed by atoms with Gasteiger partial charge in [0.1, 0.15) is 7.05 Å². The lowest BCUT2D eigenvalue weighted by molar-refractivity contribution is -0.401. The van der Waals surface area contributed by atoms with Crippen LogP contribution in [0.25, 0.3) is 5.57 Å². The smallest absolute Gasteiger partial charge is 0.347 e. The summed E-state index contributed by atoms with van der Waals surface area (Å²) < 4.78 is 43.1. The van der Waals surface area contributed by atoms with E-state index in [1.807, 2.05) is 62.7 Å². The zero-order chi connectivity index (χ0) is 28.2. The van der Waals surface area contributed by atoms with Gasteiger partial charge in [-0.2, -0.15) is 17.7 Å². The first-order valence-corrected chi connectivity index (χ1v) is 13.2. The quantitative estimate of drug-likeness (QED) is 0.243. The number of rotatable bonds is 4. The van der Waals surface area contributed by atoms with Crippen LogP contribution in [0.5, 0.6) is 0 Å². The third-order valence-electron chi connectivity index (χ3n) is 8.25. The largest absolute Gasteiger partial charge is 0.416 e. The Bertz CT molecular complexity index is 1560. The van der Waals surface area contributed by atoms with Crippen LogP contribution in [0.2, 0.25) is 0 Å². The van der Waals surface area contributed by atoms with Crippen molar-refractivity contribution in [2.24, 2.45) is 0 Å². The Morgan fingerprint density at radius 3 is 2.18 bits per heavy atom. The third kappa shape index (κ3) is 4.54. The van der Waals surface area contributed by atoms with Crippen LogP contribution in [0.15, 0.2) is 103 Å². The van der Waals surface area contributed by atoms with Crippen molar-refractivity contribution in [2.75, 3.05) is 19.0 Å². The molecule has 0 N–H and O–H groups in total. The van der Waals surface area contributed by atoms with Gasteiger partial charge in [-0.05, 0) is 60.9 Å². The fourth-order valence-electron chi connectivity index (χ4n) is 6.06. The highest BCUT2D eigenvalue weighted by atomic mass is 19.4. The molecule has 2 aliphatic heterocycles. The first kappa shape index (κ1) is 26.7. The molecule has 200 valence electrons. The van der Waals surface area contributed by atoms with Crippen molar-refractivity contribution in [1.82, 2.24) is 0 Å². The van der Waals surface area contributed by atoms with Gasteiger partial charge in [0.05, 0.1) is 11.0 Å². The number of nitrogens with zero attached hydrogens (tertiary/aromatic N) is 2. The molecular formula is C34H34F3N2+. The van der Waals surface area contributed by atoms with E-state index < -0.39 is 11.7 Å². The summed E-state index contributed by atoms with van der Waals surface area (Å²) in [5.41, 5.74) is 6.99. The van der Waals surface area contributed by atoms with E-state index in [1.165, 1.54) is 23.3 Å². The molecule has 39 heavy (non-hydrogen) atoms. The summed E-state index contributed by atoms with van der Waals surface area (Å²) in [4.78, 5) is 2.17. The van der Waals surface area contributed by atoms with Crippen molar-refractivity contribution in [3.8, 4) is 0 Å². The average molecular weight is 528 g/mol. The summed E-state index contributed by atoms with van der Waals surface area (Å²) in [6.07, 6.45) is 3.57. The second-order valence-electron chi connectivity index (χ2n) is 11.4. The molecule has 0 unspecified atom stereocenters. The lowest BCUT2D eigenvalue weighted by Gasteiger charge is -2.24. The second-order valence-corrected chi connectivity index (χ2v) is 11.4. The molecule has 2 aliphatic rings. The van der Waals surface area contributed by atoms with Gasteiger partial charge in [-0.1, -0.05) is 68.5 Å². The van der Waals surface area contributed by atoms with E-state index in [0.29, 0.717) is 11.1 Å². The molecule has 2 heterocycles. The van der Waals surface area contributed by atoms with Gasteiger partial charge in [-0.15, -0.1) is 0 Å². The first-order chi connectivity index (χ1) is 18.3. The molecule has 3 aromatic carbocycles. The Balaban J connectivity index is 1.62. The topological polar surface area (TPSA) is 6.25 Å². The molecule has 0 aliphatic carbocycles. The van der Waals surface area contributed by atoms with Gasteiger partial charge in [0.25, 0.3) is 0 Å². The zero-order valence-electron chi connectivity index (χ0n) is 23.3. The van der Waals surface area contributed by atoms with E-state index in [-0.39, 0.29) is 10.8 Å². The number of anilines is 1. The molecule has 3 aromatic rings. The first-order valence-electron chi connectivity index (χ1n) is 13.2. The van der Waals surface area contributed by atoms with Crippen LogP contribution in [0.4, 0.5) is 24.5 Å². The van der Waals surface area contributed by atoms with E-state index >= 15 is 0 Å². The molecule has 0 saturated carbocycles. The van der Waals surface area contributed by atoms with Gasteiger partial charge in [0.15, 0.2) is 5.71 Å². The number of alkyl halides is 3. The van der Waals surface area contributed by atoms with Crippen LogP contribution in [0.1, 0.15) is 49.9 Å². The second kappa shape index (κ2) is 9.41. The number of halogens is 3. The van der Waals surface area contributed by atoms with Crippen LogP contribution in [-0.2, 0) is 17.0 Å². The minimum absolute atomic E-state index is 0.242. The average Bonchev–Trinajstić information content (AvgIpc) is 3.22. The summed E-state index contributed by atoms with van der Waals surface area (Å²) in [7, 11) is 4.08. The van der Waals surface area contributed by atoms with E-state index in [2.05, 4.69) is 61.4 Å². The molecule has 0 amide bonds. The number of hydrogen-bond acceptors (Lipinski definition) is 1. The van der Waals surface area contributed by atoms with Crippen molar-refractivity contribution in [3.63, 3.8) is 0 Å². The Labute approximate surface area is 229 Å². The van der Waals surface area contributed by atoms with Crippen LogP contribution in [-0.4, -0.2) is 24.4 Å². The number of para-hydroxylation sites is 2. The van der Waals surface area contributed by atoms with Gasteiger partial charge < -0.3 is 4.90 Å². The molecule has 0 saturated heterocycles. The maximum Gasteiger partial charge on any atom is 0.416 e. The number of hydrogen-bond donors (Lipinski definition) is 0. The molecule has 0 fully saturated rings. The Hall–Kier alpha value is -3.86. The summed E-state index contributed by atoms with van der Waals surface area (Å²) in [5.74, 6) is 0. The molecule has 0 radical (unpaired) electrons. The van der Waals surface area contributed by atoms with Crippen molar-refractivity contribution < 1.29 is 17.7 Å². The summed E-state index contributed by atoms with van der Waals surface area (Å²) >= 11 is 0. The highest BCUT2D eigenvalue weighted by Crippen LogP contribution is 2.47. The fourth-order valence-corrected chi connectivity index (χ4v) is 6.06. The monoisotopic (exact) mass is 527 g/mol. The number of fused-ring (bicyclic) bond motifs is 2.